The van der Waals surface area contributed by atoms with Gasteiger partial charge in [-0.2, -0.15) is 0 Å². The Bertz CT molecular complexity index is 3290. The summed E-state index contributed by atoms with van der Waals surface area (Å²) < 4.78 is 28.7. The molecule has 2 aromatic carbocycles. The Morgan fingerprint density at radius 1 is 0.682 bits per heavy atom. The van der Waals surface area contributed by atoms with Gasteiger partial charge in [0.1, 0.15) is 42.0 Å². The van der Waals surface area contributed by atoms with Gasteiger partial charge in [-0.05, 0) is 122 Å². The molecule has 1 heterocycles. The maximum Gasteiger partial charge on any atom is 0.410 e. The Balaban J connectivity index is 1.92. The van der Waals surface area contributed by atoms with Crippen molar-refractivity contribution < 1.29 is 86.3 Å². The first-order valence-corrected chi connectivity index (χ1v) is 37.0. The smallest absolute Gasteiger partial charge is 0.410 e. The maximum atomic E-state index is 15.0. The SMILES string of the molecule is CC[C@H](C)[C@@H]([C@@H](CC(=O)N1CCC[C@H]1[C@H](OC)[C@@H](C)C(=O)N[C@H](C)[C@@H](O)c1ccccc1)OC)N(C)C(=O)[C@@H](NC(=O)[C@H](C(C)C)N(C)C(=O)OCc1ccc(NC(=O)[C@H](CCCNC(N)=O)NC(=O)[C@@H](NC(=O)[C@@H](N)CCC(=O)OC(C)(C)C)C(C)C)cc1C(=O)NCCN(C)C(=O)OC(C)(C)C)C(C)C. The van der Waals surface area contributed by atoms with Gasteiger partial charge in [-0.15, -0.1) is 0 Å². The molecule has 13 atom stereocenters. The number of hydrogen-bond donors (Lipinski definition) is 10. The Morgan fingerprint density at radius 2 is 1.30 bits per heavy atom. The van der Waals surface area contributed by atoms with Crippen LogP contribution in [0.5, 0.6) is 0 Å². The number of carbonyl (C=O) groups is 12. The number of aliphatic hydroxyl groups is 1. The molecule has 31 heteroatoms. The molecule has 0 spiro atoms. The number of nitrogens with two attached hydrogens (primary N) is 2. The second-order valence-electron chi connectivity index (χ2n) is 30.8. The van der Waals surface area contributed by atoms with E-state index in [2.05, 4.69) is 37.2 Å². The summed E-state index contributed by atoms with van der Waals surface area (Å²) in [6, 6.07) is 4.37. The Kier molecular flexibility index (Phi) is 37.5. The maximum absolute atomic E-state index is 15.0. The highest BCUT2D eigenvalue weighted by atomic mass is 16.6. The van der Waals surface area contributed by atoms with Crippen LogP contribution in [0.15, 0.2) is 48.5 Å². The number of amides is 12. The lowest BCUT2D eigenvalue weighted by atomic mass is 9.89. The van der Waals surface area contributed by atoms with E-state index in [1.807, 2.05) is 19.9 Å². The summed E-state index contributed by atoms with van der Waals surface area (Å²) in [6.07, 6.45) is -2.70. The topological polar surface area (TPSA) is 420 Å². The number of anilines is 1. The van der Waals surface area contributed by atoms with Crippen molar-refractivity contribution >= 4 is 77.1 Å². The van der Waals surface area contributed by atoms with E-state index in [0.717, 1.165) is 4.90 Å². The molecule has 602 valence electrons. The molecule has 1 aliphatic rings. The van der Waals surface area contributed by atoms with Gasteiger partial charge in [0.05, 0.1) is 54.8 Å². The van der Waals surface area contributed by atoms with Crippen LogP contribution >= 0.6 is 0 Å². The number of carbonyl (C=O) groups excluding carboxylic acids is 12. The molecule has 107 heavy (non-hydrogen) atoms. The van der Waals surface area contributed by atoms with Crippen LogP contribution in [-0.2, 0) is 68.6 Å². The number of benzene rings is 2. The van der Waals surface area contributed by atoms with Gasteiger partial charge < -0.3 is 92.2 Å². The van der Waals surface area contributed by atoms with E-state index < -0.39 is 168 Å². The zero-order chi connectivity index (χ0) is 81.1. The second-order valence-corrected chi connectivity index (χ2v) is 30.8. The quantitative estimate of drug-likeness (QED) is 0.0219. The van der Waals surface area contributed by atoms with E-state index in [4.69, 9.17) is 35.2 Å². The molecule has 12 N–H and O–H groups in total. The first kappa shape index (κ1) is 92.5. The molecule has 0 aromatic heterocycles. The first-order valence-electron chi connectivity index (χ1n) is 37.0. The van der Waals surface area contributed by atoms with Crippen LogP contribution in [0.25, 0.3) is 0 Å². The third-order valence-electron chi connectivity index (χ3n) is 18.8. The minimum Gasteiger partial charge on any atom is -0.460 e. The van der Waals surface area contributed by atoms with Crippen molar-refractivity contribution in [3.8, 4) is 0 Å². The van der Waals surface area contributed by atoms with Crippen molar-refractivity contribution in [3.05, 3.63) is 65.2 Å². The minimum absolute atomic E-state index is 0.00960. The molecule has 0 saturated carbocycles. The fourth-order valence-electron chi connectivity index (χ4n) is 12.7. The van der Waals surface area contributed by atoms with Gasteiger partial charge in [0.15, 0.2) is 0 Å². The predicted octanol–water partition coefficient (Wildman–Crippen LogP) is 5.64. The van der Waals surface area contributed by atoms with Crippen molar-refractivity contribution in [1.29, 1.82) is 0 Å². The van der Waals surface area contributed by atoms with Gasteiger partial charge >= 0.3 is 24.2 Å². The van der Waals surface area contributed by atoms with E-state index in [-0.39, 0.29) is 86.3 Å². The van der Waals surface area contributed by atoms with E-state index in [9.17, 15) is 57.8 Å². The lowest BCUT2D eigenvalue weighted by molar-refractivity contribution is -0.155. The van der Waals surface area contributed by atoms with Crippen LogP contribution in [0.1, 0.15) is 190 Å². The molecular weight excluding hydrogens is 1380 g/mol. The minimum atomic E-state index is -1.33. The van der Waals surface area contributed by atoms with E-state index in [0.29, 0.717) is 31.4 Å². The highest BCUT2D eigenvalue weighted by Gasteiger charge is 2.44. The molecule has 0 aliphatic carbocycles. The number of methoxy groups -OCH3 is 2. The van der Waals surface area contributed by atoms with Crippen molar-refractivity contribution in [1.82, 2.24) is 51.5 Å². The average molecular weight is 1510 g/mol. The number of esters is 1. The third-order valence-corrected chi connectivity index (χ3v) is 18.8. The fraction of sp³-hybridized carbons (Fsp3) is 0.684. The molecule has 12 amide bonds. The van der Waals surface area contributed by atoms with Crippen LogP contribution in [-0.4, -0.2) is 229 Å². The highest BCUT2D eigenvalue weighted by Crippen LogP contribution is 2.31. The molecule has 31 nitrogen and oxygen atoms in total. The van der Waals surface area contributed by atoms with Gasteiger partial charge in [0, 0.05) is 84.8 Å². The largest absolute Gasteiger partial charge is 0.460 e. The van der Waals surface area contributed by atoms with Gasteiger partial charge in [0.25, 0.3) is 5.91 Å². The predicted molar refractivity (Wildman–Crippen MR) is 403 cm³/mol. The molecule has 0 radical (unpaired) electrons. The summed E-state index contributed by atoms with van der Waals surface area (Å²) in [6.45, 7) is 27.5. The Labute approximate surface area is 632 Å². The number of likely N-dealkylation sites (tertiary alicyclic amines) is 1. The van der Waals surface area contributed by atoms with Crippen LogP contribution < -0.4 is 48.7 Å². The normalized spacial score (nSPS) is 16.5. The van der Waals surface area contributed by atoms with Gasteiger partial charge in [-0.25, -0.2) is 14.4 Å². The van der Waals surface area contributed by atoms with Crippen molar-refractivity contribution in [2.45, 2.75) is 247 Å². The summed E-state index contributed by atoms with van der Waals surface area (Å²) in [5.41, 5.74) is 10.6. The van der Waals surface area contributed by atoms with Gasteiger partial charge in [-0.1, -0.05) is 105 Å². The Hall–Kier alpha value is -8.68. The summed E-state index contributed by atoms with van der Waals surface area (Å²) in [5.74, 6) is -7.94. The molecule has 1 aliphatic heterocycles. The summed E-state index contributed by atoms with van der Waals surface area (Å²) in [7, 11) is 7.41. The second kappa shape index (κ2) is 43.3. The molecular formula is C76H125N13O18. The van der Waals surface area contributed by atoms with Crippen LogP contribution in [0.4, 0.5) is 20.1 Å². The lowest BCUT2D eigenvalue weighted by Crippen LogP contribution is -2.60. The van der Waals surface area contributed by atoms with Crippen molar-refractivity contribution in [2.75, 3.05) is 66.9 Å². The number of aliphatic hydroxyl groups excluding tert-OH is 1. The van der Waals surface area contributed by atoms with E-state index in [1.54, 1.807) is 133 Å². The third kappa shape index (κ3) is 29.4. The number of ether oxygens (including phenoxy) is 5. The van der Waals surface area contributed by atoms with Crippen LogP contribution in [0.2, 0.25) is 0 Å². The van der Waals surface area contributed by atoms with Crippen LogP contribution in [0.3, 0.4) is 0 Å². The molecule has 0 bridgehead atoms. The van der Waals surface area contributed by atoms with Crippen molar-refractivity contribution in [2.24, 2.45) is 41.1 Å². The molecule has 0 unspecified atom stereocenters. The summed E-state index contributed by atoms with van der Waals surface area (Å²) in [4.78, 5) is 171. The number of primary amides is 1. The van der Waals surface area contributed by atoms with E-state index >= 15 is 4.79 Å². The first-order chi connectivity index (χ1) is 49.9. The number of hydrogen-bond acceptors (Lipinski definition) is 19. The number of urea groups is 1. The number of likely N-dealkylation sites (N-methyl/N-ethyl adjacent to an activating group) is 3. The van der Waals surface area contributed by atoms with Gasteiger partial charge in [0.2, 0.25) is 41.4 Å². The van der Waals surface area contributed by atoms with Crippen molar-refractivity contribution in [3.63, 3.8) is 0 Å². The summed E-state index contributed by atoms with van der Waals surface area (Å²) >= 11 is 0. The van der Waals surface area contributed by atoms with Crippen LogP contribution in [0, 0.1) is 29.6 Å². The molecule has 1 fully saturated rings. The average Bonchev–Trinajstić information content (AvgIpc) is 1.80. The molecule has 1 saturated heterocycles. The van der Waals surface area contributed by atoms with Gasteiger partial charge in [-0.3, -0.25) is 48.1 Å². The highest BCUT2D eigenvalue weighted by molar-refractivity contribution is 6.01. The standard InChI is InChI=1S/C76H125N13O18/c1-22-46(8)62(56(103-20)41-57(90)89-38-27-31-55(89)64(104-21)47(9)65(93)81-48(10)63(92)49-28-24-23-25-29-49)87(18)71(99)60(44(4)5)85-70(98)61(45(6)7)88(19)74(102)105-42-50-32-33-51(40-52(50)66(94)79-37-39-86(17)73(101)107-76(14,15)16)82-68(96)54(30-26-36-80-72(78)100)83-69(97)59(43(2)3)84-67(95)53(77)34-35-58(91)106-75(11,12)13/h23-25,28-29,32-33,40,43-48,53-56,59-64,92H,22,26-27,30-31,34-39,41-42,77H2,1-21H3,(H,79,94)(H,81,93)(H,82,96)(H,83,97)(H,84,95)(H,85,98)(H3,78,80,100)/t46-,47+,48+,53-,54-,55-,56+,59-,60-,61-,62-,63+,64+/m0/s1. The zero-order valence-electron chi connectivity index (χ0n) is 66.9. The van der Waals surface area contributed by atoms with E-state index in [1.165, 1.54) is 56.3 Å². The number of nitrogens with zero attached hydrogens (tertiary/aromatic N) is 4. The fourth-order valence-corrected chi connectivity index (χ4v) is 12.7. The molecule has 3 rings (SSSR count). The number of rotatable bonds is 40. The summed E-state index contributed by atoms with van der Waals surface area (Å²) in [5, 5.41) is 30.1. The molecule has 2 aromatic rings. The monoisotopic (exact) mass is 1510 g/mol. The number of nitrogens with one attached hydrogen (secondary N) is 7. The lowest BCUT2D eigenvalue weighted by Gasteiger charge is -2.41. The zero-order valence-corrected chi connectivity index (χ0v) is 66.9. The Morgan fingerprint density at radius 3 is 1.86 bits per heavy atom.